The second-order valence-corrected chi connectivity index (χ2v) is 9.48. The molecule has 2 aromatic carbocycles. The van der Waals surface area contributed by atoms with Crippen molar-refractivity contribution < 1.29 is 14.7 Å². The van der Waals surface area contributed by atoms with Crippen molar-refractivity contribution in [3.05, 3.63) is 114 Å². The maximum absolute atomic E-state index is 12.9. The predicted octanol–water partition coefficient (Wildman–Crippen LogP) is 4.88. The first kappa shape index (κ1) is 25.2. The van der Waals surface area contributed by atoms with Crippen LogP contribution >= 0.6 is 12.2 Å². The standard InChI is InChI=1S/C29H27N5O3S/c1-19-8-2-3-11-22(19)31-25(35)14-17-34-27(26(32-29(34)38)23-12-4-5-15-30-23)24-13-7-16-33(24)21-10-6-9-20(18-21)28(36)37/h2-13,15-16,18,26-27H,14,17H2,1H3,(H,31,35)(H,32,38)(H,36,37)/t26-,27+/m1/s1. The van der Waals surface area contributed by atoms with Gasteiger partial charge in [0.2, 0.25) is 5.91 Å². The van der Waals surface area contributed by atoms with E-state index < -0.39 is 5.97 Å². The van der Waals surface area contributed by atoms with Crippen LogP contribution in [0.4, 0.5) is 5.69 Å². The molecule has 1 amide bonds. The van der Waals surface area contributed by atoms with E-state index in [1.807, 2.05) is 83.3 Å². The van der Waals surface area contributed by atoms with Gasteiger partial charge in [0.25, 0.3) is 0 Å². The molecular formula is C29H27N5O3S. The molecule has 1 fully saturated rings. The van der Waals surface area contributed by atoms with E-state index in [1.54, 1.807) is 24.4 Å². The third-order valence-corrected chi connectivity index (χ3v) is 7.00. The van der Waals surface area contributed by atoms with Crippen LogP contribution in [0.3, 0.4) is 0 Å². The molecule has 4 aromatic rings. The zero-order chi connectivity index (χ0) is 26.6. The van der Waals surface area contributed by atoms with E-state index >= 15 is 0 Å². The van der Waals surface area contributed by atoms with Crippen LogP contribution in [-0.4, -0.2) is 43.1 Å². The molecule has 0 bridgehead atoms. The van der Waals surface area contributed by atoms with Gasteiger partial charge >= 0.3 is 5.97 Å². The Morgan fingerprint density at radius 3 is 2.63 bits per heavy atom. The number of aromatic nitrogens is 2. The normalized spacial score (nSPS) is 16.8. The van der Waals surface area contributed by atoms with Crippen molar-refractivity contribution in [1.82, 2.24) is 19.8 Å². The molecule has 0 unspecified atom stereocenters. The smallest absolute Gasteiger partial charge is 0.335 e. The third-order valence-electron chi connectivity index (χ3n) is 6.65. The number of nitrogens with zero attached hydrogens (tertiary/aromatic N) is 3. The number of pyridine rings is 1. The summed E-state index contributed by atoms with van der Waals surface area (Å²) in [6, 6.07) is 23.6. The quantitative estimate of drug-likeness (QED) is 0.282. The summed E-state index contributed by atoms with van der Waals surface area (Å²) in [6.07, 6.45) is 3.87. The molecule has 5 rings (SSSR count). The molecule has 9 heteroatoms. The van der Waals surface area contributed by atoms with Gasteiger partial charge in [0.1, 0.15) is 0 Å². The van der Waals surface area contributed by atoms with Gasteiger partial charge < -0.3 is 25.2 Å². The Bertz CT molecular complexity index is 1490. The van der Waals surface area contributed by atoms with Gasteiger partial charge in [-0.05, 0) is 73.2 Å². The minimum atomic E-state index is -0.989. The van der Waals surface area contributed by atoms with Crippen molar-refractivity contribution in [2.45, 2.75) is 25.4 Å². The van der Waals surface area contributed by atoms with Crippen LogP contribution in [0.25, 0.3) is 5.69 Å². The molecule has 192 valence electrons. The van der Waals surface area contributed by atoms with Gasteiger partial charge in [-0.2, -0.15) is 0 Å². The van der Waals surface area contributed by atoms with Crippen molar-refractivity contribution in [2.24, 2.45) is 0 Å². The minimum Gasteiger partial charge on any atom is -0.478 e. The molecule has 2 atom stereocenters. The van der Waals surface area contributed by atoms with Crippen LogP contribution in [-0.2, 0) is 4.79 Å². The number of nitrogens with one attached hydrogen (secondary N) is 2. The van der Waals surface area contributed by atoms with Crippen molar-refractivity contribution in [3.63, 3.8) is 0 Å². The molecule has 0 aliphatic carbocycles. The Balaban J connectivity index is 1.47. The fourth-order valence-corrected chi connectivity index (χ4v) is 5.11. The second kappa shape index (κ2) is 10.9. The molecule has 1 saturated heterocycles. The summed E-state index contributed by atoms with van der Waals surface area (Å²) in [5, 5.41) is 16.4. The molecular weight excluding hydrogens is 498 g/mol. The van der Waals surface area contributed by atoms with E-state index in [1.165, 1.54) is 0 Å². The first-order valence-electron chi connectivity index (χ1n) is 12.3. The summed E-state index contributed by atoms with van der Waals surface area (Å²) in [6.45, 7) is 2.34. The first-order chi connectivity index (χ1) is 18.4. The average Bonchev–Trinajstić information content (AvgIpc) is 3.53. The van der Waals surface area contributed by atoms with Crippen LogP contribution in [0.5, 0.6) is 0 Å². The highest BCUT2D eigenvalue weighted by atomic mass is 32.1. The summed E-state index contributed by atoms with van der Waals surface area (Å²) in [4.78, 5) is 31.1. The lowest BCUT2D eigenvalue weighted by molar-refractivity contribution is -0.116. The van der Waals surface area contributed by atoms with Crippen LogP contribution in [0.2, 0.25) is 0 Å². The van der Waals surface area contributed by atoms with Crippen molar-refractivity contribution >= 4 is 34.9 Å². The summed E-state index contributed by atoms with van der Waals surface area (Å²) < 4.78 is 1.96. The number of rotatable bonds is 8. The Morgan fingerprint density at radius 1 is 1.05 bits per heavy atom. The largest absolute Gasteiger partial charge is 0.478 e. The highest BCUT2D eigenvalue weighted by molar-refractivity contribution is 7.80. The lowest BCUT2D eigenvalue weighted by Gasteiger charge is -2.29. The molecule has 0 spiro atoms. The van der Waals surface area contributed by atoms with Crippen LogP contribution in [0.15, 0.2) is 91.3 Å². The van der Waals surface area contributed by atoms with Gasteiger partial charge in [-0.3, -0.25) is 9.78 Å². The summed E-state index contributed by atoms with van der Waals surface area (Å²) in [5.74, 6) is -1.09. The van der Waals surface area contributed by atoms with E-state index in [0.29, 0.717) is 11.7 Å². The lowest BCUT2D eigenvalue weighted by atomic mass is 10.0. The first-order valence-corrected chi connectivity index (χ1v) is 12.7. The maximum Gasteiger partial charge on any atom is 0.335 e. The molecule has 3 N–H and O–H groups in total. The SMILES string of the molecule is Cc1ccccc1NC(=O)CCN1C(=S)N[C@H](c2ccccn2)[C@@H]1c1cccn1-c1cccc(C(=O)O)c1. The van der Waals surface area contributed by atoms with Crippen LogP contribution in [0.1, 0.15) is 45.8 Å². The zero-order valence-corrected chi connectivity index (χ0v) is 21.6. The van der Waals surface area contributed by atoms with Gasteiger partial charge in [0.05, 0.1) is 23.3 Å². The number of benzene rings is 2. The molecule has 0 saturated carbocycles. The number of carbonyl (C=O) groups excluding carboxylic acids is 1. The Kier molecular flexibility index (Phi) is 7.19. The number of para-hydroxylation sites is 1. The molecule has 3 heterocycles. The van der Waals surface area contributed by atoms with E-state index in [0.717, 1.165) is 28.3 Å². The number of anilines is 1. The van der Waals surface area contributed by atoms with Gasteiger partial charge in [-0.15, -0.1) is 0 Å². The maximum atomic E-state index is 12.9. The molecule has 8 nitrogen and oxygen atoms in total. The molecule has 0 radical (unpaired) electrons. The molecule has 38 heavy (non-hydrogen) atoms. The number of carboxylic acid groups (broad SMARTS) is 1. The Hall–Kier alpha value is -4.50. The number of hydrogen-bond donors (Lipinski definition) is 3. The van der Waals surface area contributed by atoms with Crippen LogP contribution < -0.4 is 10.6 Å². The van der Waals surface area contributed by atoms with Crippen molar-refractivity contribution in [2.75, 3.05) is 11.9 Å². The van der Waals surface area contributed by atoms with E-state index in [-0.39, 0.29) is 30.0 Å². The average molecular weight is 526 g/mol. The zero-order valence-electron chi connectivity index (χ0n) is 20.7. The number of hydrogen-bond acceptors (Lipinski definition) is 4. The van der Waals surface area contributed by atoms with Gasteiger partial charge in [0.15, 0.2) is 5.11 Å². The Labute approximate surface area is 225 Å². The fourth-order valence-electron chi connectivity index (χ4n) is 4.77. The predicted molar refractivity (Wildman–Crippen MR) is 149 cm³/mol. The lowest BCUT2D eigenvalue weighted by Crippen LogP contribution is -2.33. The Morgan fingerprint density at radius 2 is 1.87 bits per heavy atom. The van der Waals surface area contributed by atoms with Gasteiger partial charge in [0, 0.05) is 42.4 Å². The van der Waals surface area contributed by atoms with E-state index in [2.05, 4.69) is 15.6 Å². The molecule has 1 aliphatic heterocycles. The highest BCUT2D eigenvalue weighted by Gasteiger charge is 2.41. The van der Waals surface area contributed by atoms with Gasteiger partial charge in [-0.25, -0.2) is 4.79 Å². The van der Waals surface area contributed by atoms with E-state index in [4.69, 9.17) is 12.2 Å². The molecule has 2 aromatic heterocycles. The summed E-state index contributed by atoms with van der Waals surface area (Å²) in [5.41, 5.74) is 4.42. The topological polar surface area (TPSA) is 99.5 Å². The third kappa shape index (κ3) is 5.14. The fraction of sp³-hybridized carbons (Fsp3) is 0.172. The molecule has 1 aliphatic rings. The van der Waals surface area contributed by atoms with Crippen LogP contribution in [0, 0.1) is 6.92 Å². The number of amides is 1. The summed E-state index contributed by atoms with van der Waals surface area (Å²) >= 11 is 5.75. The number of thiocarbonyl (C=S) groups is 1. The monoisotopic (exact) mass is 525 g/mol. The second-order valence-electron chi connectivity index (χ2n) is 9.09. The van der Waals surface area contributed by atoms with Crippen molar-refractivity contribution in [1.29, 1.82) is 0 Å². The van der Waals surface area contributed by atoms with E-state index in [9.17, 15) is 14.7 Å². The number of carboxylic acids is 1. The summed E-state index contributed by atoms with van der Waals surface area (Å²) in [7, 11) is 0. The number of aryl methyl sites for hydroxylation is 1. The van der Waals surface area contributed by atoms with Gasteiger partial charge in [-0.1, -0.05) is 30.3 Å². The minimum absolute atomic E-state index is 0.105. The van der Waals surface area contributed by atoms with Crippen molar-refractivity contribution in [3.8, 4) is 5.69 Å². The number of aromatic carboxylic acids is 1. The highest BCUT2D eigenvalue weighted by Crippen LogP contribution is 2.39. The number of carbonyl (C=O) groups is 2.